The van der Waals surface area contributed by atoms with Crippen molar-refractivity contribution in [1.29, 1.82) is 0 Å². The highest BCUT2D eigenvalue weighted by Crippen LogP contribution is 2.18. The molecule has 1 atom stereocenters. The van der Waals surface area contributed by atoms with Crippen LogP contribution in [0.3, 0.4) is 0 Å². The Morgan fingerprint density at radius 2 is 1.89 bits per heavy atom. The van der Waals surface area contributed by atoms with Crippen molar-refractivity contribution in [3.63, 3.8) is 0 Å². The SMILES string of the molecule is CC(Br)CC(F)=C(F)F. The lowest BCUT2D eigenvalue weighted by molar-refractivity contribution is 0.370. The van der Waals surface area contributed by atoms with Gasteiger partial charge in [0.05, 0.1) is 0 Å². The molecule has 0 fully saturated rings. The van der Waals surface area contributed by atoms with Crippen LogP contribution in [0.2, 0.25) is 0 Å². The third-order valence-electron chi connectivity index (χ3n) is 0.666. The molecular weight excluding hydrogens is 197 g/mol. The Bertz CT molecular complexity index is 115. The molecule has 0 nitrogen and oxygen atoms in total. The van der Waals surface area contributed by atoms with Crippen molar-refractivity contribution in [3.8, 4) is 0 Å². The molecule has 0 bridgehead atoms. The van der Waals surface area contributed by atoms with Crippen molar-refractivity contribution in [1.82, 2.24) is 0 Å². The maximum absolute atomic E-state index is 11.9. The van der Waals surface area contributed by atoms with E-state index in [2.05, 4.69) is 15.9 Å². The third-order valence-corrected chi connectivity index (χ3v) is 0.989. The number of hydrogen-bond acceptors (Lipinski definition) is 0. The number of hydrogen-bond donors (Lipinski definition) is 0. The fraction of sp³-hybridized carbons (Fsp3) is 0.600. The smallest absolute Gasteiger partial charge is 0.206 e. The Morgan fingerprint density at radius 3 is 2.00 bits per heavy atom. The largest absolute Gasteiger partial charge is 0.301 e. The van der Waals surface area contributed by atoms with E-state index in [9.17, 15) is 13.2 Å². The maximum Gasteiger partial charge on any atom is 0.301 e. The molecule has 0 N–H and O–H groups in total. The number of allylic oxidation sites excluding steroid dienone is 1. The zero-order valence-corrected chi connectivity index (χ0v) is 6.38. The van der Waals surface area contributed by atoms with Gasteiger partial charge in [-0.25, -0.2) is 4.39 Å². The van der Waals surface area contributed by atoms with Crippen LogP contribution in [0.5, 0.6) is 0 Å². The van der Waals surface area contributed by atoms with Crippen LogP contribution in [0.25, 0.3) is 0 Å². The predicted molar refractivity (Wildman–Crippen MR) is 33.4 cm³/mol. The molecule has 0 spiro atoms. The summed E-state index contributed by atoms with van der Waals surface area (Å²) in [5, 5.41) is 0. The van der Waals surface area contributed by atoms with E-state index in [-0.39, 0.29) is 11.2 Å². The lowest BCUT2D eigenvalue weighted by Crippen LogP contribution is -1.89. The topological polar surface area (TPSA) is 0 Å². The molecule has 0 aliphatic rings. The van der Waals surface area contributed by atoms with Crippen molar-refractivity contribution < 1.29 is 13.2 Å². The van der Waals surface area contributed by atoms with Gasteiger partial charge in [-0.05, 0) is 0 Å². The van der Waals surface area contributed by atoms with Crippen LogP contribution >= 0.6 is 15.9 Å². The summed E-state index contributed by atoms with van der Waals surface area (Å²) < 4.78 is 34.4. The summed E-state index contributed by atoms with van der Waals surface area (Å²) in [6.07, 6.45) is -2.47. The number of halogens is 4. The minimum Gasteiger partial charge on any atom is -0.206 e. The van der Waals surface area contributed by atoms with E-state index >= 15 is 0 Å². The van der Waals surface area contributed by atoms with E-state index in [1.54, 1.807) is 6.92 Å². The Hall–Kier alpha value is 0.01000. The first-order valence-electron chi connectivity index (χ1n) is 2.37. The number of alkyl halides is 1. The minimum atomic E-state index is -2.22. The quantitative estimate of drug-likeness (QED) is 0.604. The van der Waals surface area contributed by atoms with Gasteiger partial charge in [0, 0.05) is 11.2 Å². The first-order chi connectivity index (χ1) is 4.04. The van der Waals surface area contributed by atoms with Crippen LogP contribution in [-0.2, 0) is 0 Å². The molecule has 4 heteroatoms. The van der Waals surface area contributed by atoms with E-state index in [1.165, 1.54) is 0 Å². The summed E-state index contributed by atoms with van der Waals surface area (Å²) in [4.78, 5) is -0.237. The van der Waals surface area contributed by atoms with E-state index in [0.29, 0.717) is 0 Å². The van der Waals surface area contributed by atoms with Gasteiger partial charge in [0.2, 0.25) is 0 Å². The van der Waals surface area contributed by atoms with Gasteiger partial charge in [0.25, 0.3) is 0 Å². The summed E-state index contributed by atoms with van der Waals surface area (Å²) in [5.41, 5.74) is 0. The molecule has 0 aliphatic carbocycles. The second kappa shape index (κ2) is 3.93. The van der Waals surface area contributed by atoms with Gasteiger partial charge in [-0.2, -0.15) is 8.78 Å². The molecule has 54 valence electrons. The van der Waals surface area contributed by atoms with Crippen LogP contribution in [0, 0.1) is 0 Å². The molecule has 9 heavy (non-hydrogen) atoms. The van der Waals surface area contributed by atoms with Gasteiger partial charge in [-0.3, -0.25) is 0 Å². The Labute approximate surface area is 59.9 Å². The zero-order chi connectivity index (χ0) is 7.44. The summed E-state index contributed by atoms with van der Waals surface area (Å²) in [5.74, 6) is -1.33. The maximum atomic E-state index is 11.9. The normalized spacial score (nSPS) is 13.0. The van der Waals surface area contributed by atoms with E-state index < -0.39 is 11.9 Å². The molecule has 0 saturated heterocycles. The van der Waals surface area contributed by atoms with Gasteiger partial charge >= 0.3 is 6.08 Å². The first kappa shape index (κ1) is 9.01. The molecule has 0 aromatic rings. The molecule has 1 unspecified atom stereocenters. The molecule has 0 rings (SSSR count). The lowest BCUT2D eigenvalue weighted by Gasteiger charge is -1.96. The Morgan fingerprint density at radius 1 is 1.44 bits per heavy atom. The van der Waals surface area contributed by atoms with Gasteiger partial charge in [-0.15, -0.1) is 0 Å². The molecule has 0 aromatic heterocycles. The van der Waals surface area contributed by atoms with Gasteiger partial charge in [0.15, 0.2) is 5.83 Å². The van der Waals surface area contributed by atoms with Gasteiger partial charge in [-0.1, -0.05) is 22.9 Å². The monoisotopic (exact) mass is 202 g/mol. The highest BCUT2D eigenvalue weighted by atomic mass is 79.9. The summed E-state index contributed by atoms with van der Waals surface area (Å²) in [6.45, 7) is 1.60. The average Bonchev–Trinajstić information content (AvgIpc) is 1.63. The minimum absolute atomic E-state index is 0.237. The summed E-state index contributed by atoms with van der Waals surface area (Å²) in [7, 11) is 0. The van der Waals surface area contributed by atoms with Crippen LogP contribution in [-0.4, -0.2) is 4.83 Å². The third kappa shape index (κ3) is 4.51. The van der Waals surface area contributed by atoms with Crippen molar-refractivity contribution in [2.24, 2.45) is 0 Å². The highest BCUT2D eigenvalue weighted by Gasteiger charge is 2.07. The number of rotatable bonds is 2. The molecule has 0 aliphatic heterocycles. The highest BCUT2D eigenvalue weighted by molar-refractivity contribution is 9.09. The van der Waals surface area contributed by atoms with Crippen molar-refractivity contribution in [3.05, 3.63) is 11.9 Å². The summed E-state index contributed by atoms with van der Waals surface area (Å²) in [6, 6.07) is 0. The zero-order valence-electron chi connectivity index (χ0n) is 4.80. The fourth-order valence-corrected chi connectivity index (χ4v) is 0.608. The van der Waals surface area contributed by atoms with Crippen molar-refractivity contribution in [2.45, 2.75) is 18.2 Å². The van der Waals surface area contributed by atoms with Crippen LogP contribution < -0.4 is 0 Å². The predicted octanol–water partition coefficient (Wildman–Crippen LogP) is 3.24. The fourth-order valence-electron chi connectivity index (χ4n) is 0.324. The van der Waals surface area contributed by atoms with Crippen molar-refractivity contribution in [2.75, 3.05) is 0 Å². The lowest BCUT2D eigenvalue weighted by atomic mass is 10.3. The first-order valence-corrected chi connectivity index (χ1v) is 3.29. The molecule has 0 saturated carbocycles. The molecule has 0 radical (unpaired) electrons. The van der Waals surface area contributed by atoms with Crippen LogP contribution in [0.1, 0.15) is 13.3 Å². The molecule has 0 aromatic carbocycles. The molecule has 0 amide bonds. The van der Waals surface area contributed by atoms with Crippen LogP contribution in [0.15, 0.2) is 11.9 Å². The van der Waals surface area contributed by atoms with E-state index in [4.69, 9.17) is 0 Å². The average molecular weight is 203 g/mol. The van der Waals surface area contributed by atoms with Gasteiger partial charge in [0.1, 0.15) is 0 Å². The Balaban J connectivity index is 3.77. The van der Waals surface area contributed by atoms with Crippen LogP contribution in [0.4, 0.5) is 13.2 Å². The van der Waals surface area contributed by atoms with Crippen molar-refractivity contribution >= 4 is 15.9 Å². The second-order valence-electron chi connectivity index (χ2n) is 1.65. The van der Waals surface area contributed by atoms with E-state index in [1.807, 2.05) is 0 Å². The standard InChI is InChI=1S/C5H6BrF3/c1-3(6)2-4(7)5(8)9/h3H,2H2,1H3. The Kier molecular flexibility index (Phi) is 3.93. The van der Waals surface area contributed by atoms with E-state index in [0.717, 1.165) is 0 Å². The molecule has 0 heterocycles. The van der Waals surface area contributed by atoms with Gasteiger partial charge < -0.3 is 0 Å². The second-order valence-corrected chi connectivity index (χ2v) is 3.21. The summed E-state index contributed by atoms with van der Waals surface area (Å²) >= 11 is 2.94. The molecular formula is C5H6BrF3.